The highest BCUT2D eigenvalue weighted by atomic mass is 32.1. The van der Waals surface area contributed by atoms with Crippen LogP contribution in [-0.2, 0) is 20.8 Å². The number of hydrogen-bond donors (Lipinski definition) is 0. The van der Waals surface area contributed by atoms with Gasteiger partial charge in [-0.2, -0.15) is 0 Å². The van der Waals surface area contributed by atoms with Crippen molar-refractivity contribution >= 4 is 11.3 Å². The van der Waals surface area contributed by atoms with Crippen LogP contribution < -0.4 is 0 Å². The predicted molar refractivity (Wildman–Crippen MR) is 78.6 cm³/mol. The molecular formula is C16H17FO3S. The minimum absolute atomic E-state index is 0.208. The Bertz CT molecular complexity index is 577. The smallest absolute Gasteiger partial charge is 0.193 e. The third-order valence-corrected chi connectivity index (χ3v) is 4.28. The molecule has 0 bridgehead atoms. The molecular weight excluding hydrogens is 291 g/mol. The summed E-state index contributed by atoms with van der Waals surface area (Å²) in [5.74, 6) is -0.254. The maximum Gasteiger partial charge on any atom is 0.193 e. The summed E-state index contributed by atoms with van der Waals surface area (Å²) in [4.78, 5) is 1.05. The quantitative estimate of drug-likeness (QED) is 0.857. The number of rotatable bonds is 4. The van der Waals surface area contributed by atoms with Crippen molar-refractivity contribution in [1.29, 1.82) is 0 Å². The maximum atomic E-state index is 13.6. The predicted octanol–water partition coefficient (Wildman–Crippen LogP) is 3.91. The molecule has 0 unspecified atom stereocenters. The molecule has 3 rings (SSSR count). The van der Waals surface area contributed by atoms with Crippen LogP contribution in [0.5, 0.6) is 0 Å². The highest BCUT2D eigenvalue weighted by molar-refractivity contribution is 7.10. The lowest BCUT2D eigenvalue weighted by Crippen LogP contribution is -2.44. The molecule has 1 aliphatic heterocycles. The molecule has 0 N–H and O–H groups in total. The van der Waals surface area contributed by atoms with E-state index in [9.17, 15) is 4.39 Å². The average molecular weight is 308 g/mol. The largest absolute Gasteiger partial charge is 0.366 e. The van der Waals surface area contributed by atoms with Crippen LogP contribution in [0, 0.1) is 5.82 Å². The highest BCUT2D eigenvalue weighted by Gasteiger charge is 2.34. The van der Waals surface area contributed by atoms with Crippen molar-refractivity contribution in [1.82, 2.24) is 0 Å². The summed E-state index contributed by atoms with van der Waals surface area (Å²) >= 11 is 1.60. The Labute approximate surface area is 127 Å². The Balaban J connectivity index is 1.56. The Morgan fingerprint density at radius 3 is 2.67 bits per heavy atom. The Morgan fingerprint density at radius 2 is 2.00 bits per heavy atom. The topological polar surface area (TPSA) is 27.7 Å². The summed E-state index contributed by atoms with van der Waals surface area (Å²) < 4.78 is 30.8. The number of thiophene rings is 1. The third kappa shape index (κ3) is 3.49. The Kier molecular flexibility index (Phi) is 4.35. The van der Waals surface area contributed by atoms with Crippen molar-refractivity contribution in [2.24, 2.45) is 0 Å². The Morgan fingerprint density at radius 1 is 1.24 bits per heavy atom. The van der Waals surface area contributed by atoms with Crippen molar-refractivity contribution in [3.63, 3.8) is 0 Å². The second kappa shape index (κ2) is 6.23. The summed E-state index contributed by atoms with van der Waals surface area (Å²) in [5, 5.41) is 1.99. The first-order valence-electron chi connectivity index (χ1n) is 6.80. The normalized spacial score (nSPS) is 25.9. The lowest BCUT2D eigenvalue weighted by atomic mass is 10.1. The summed E-state index contributed by atoms with van der Waals surface area (Å²) in [7, 11) is 0. The van der Waals surface area contributed by atoms with Gasteiger partial charge in [0.15, 0.2) is 6.29 Å². The van der Waals surface area contributed by atoms with Gasteiger partial charge >= 0.3 is 0 Å². The monoisotopic (exact) mass is 308 g/mol. The lowest BCUT2D eigenvalue weighted by Gasteiger charge is -2.36. The van der Waals surface area contributed by atoms with E-state index in [1.54, 1.807) is 29.5 Å². The number of hydrogen-bond acceptors (Lipinski definition) is 4. The second-order valence-corrected chi connectivity index (χ2v) is 6.28. The SMILES string of the molecule is C[C@]1(OCc2ccccc2F)CO[C@@H](c2cccs2)OC1. The van der Waals surface area contributed by atoms with E-state index in [1.165, 1.54) is 6.07 Å². The molecule has 2 aromatic rings. The van der Waals surface area contributed by atoms with Crippen molar-refractivity contribution in [3.05, 3.63) is 58.0 Å². The number of halogens is 1. The highest BCUT2D eigenvalue weighted by Crippen LogP contribution is 2.31. The summed E-state index contributed by atoms with van der Waals surface area (Å²) in [6.45, 7) is 2.96. The molecule has 1 aromatic heterocycles. The van der Waals surface area contributed by atoms with E-state index < -0.39 is 5.60 Å². The van der Waals surface area contributed by atoms with Gasteiger partial charge in [0.05, 0.1) is 24.7 Å². The molecule has 1 aliphatic rings. The van der Waals surface area contributed by atoms with Gasteiger partial charge in [-0.05, 0) is 24.4 Å². The molecule has 21 heavy (non-hydrogen) atoms. The second-order valence-electron chi connectivity index (χ2n) is 5.30. The first-order chi connectivity index (χ1) is 10.2. The lowest BCUT2D eigenvalue weighted by molar-refractivity contribution is -0.266. The fourth-order valence-corrected chi connectivity index (χ4v) is 2.85. The third-order valence-electron chi connectivity index (χ3n) is 3.39. The van der Waals surface area contributed by atoms with E-state index in [2.05, 4.69) is 0 Å². The zero-order chi connectivity index (χ0) is 14.7. The first-order valence-corrected chi connectivity index (χ1v) is 7.68. The molecule has 0 amide bonds. The van der Waals surface area contributed by atoms with Gasteiger partial charge < -0.3 is 14.2 Å². The van der Waals surface area contributed by atoms with Gasteiger partial charge in [-0.15, -0.1) is 11.3 Å². The Hall–Kier alpha value is -1.27. The average Bonchev–Trinajstić information content (AvgIpc) is 3.02. The van der Waals surface area contributed by atoms with Crippen LogP contribution in [0.15, 0.2) is 41.8 Å². The van der Waals surface area contributed by atoms with Crippen LogP contribution in [0.4, 0.5) is 4.39 Å². The molecule has 2 heterocycles. The van der Waals surface area contributed by atoms with E-state index in [0.29, 0.717) is 18.8 Å². The first kappa shape index (κ1) is 14.7. The van der Waals surface area contributed by atoms with Crippen LogP contribution in [-0.4, -0.2) is 18.8 Å². The van der Waals surface area contributed by atoms with E-state index in [0.717, 1.165) is 4.88 Å². The van der Waals surface area contributed by atoms with Crippen LogP contribution in [0.25, 0.3) is 0 Å². The molecule has 1 aromatic carbocycles. The minimum atomic E-state index is -0.559. The van der Waals surface area contributed by atoms with Crippen LogP contribution in [0.1, 0.15) is 23.7 Å². The van der Waals surface area contributed by atoms with E-state index in [-0.39, 0.29) is 18.7 Å². The molecule has 0 radical (unpaired) electrons. The molecule has 1 fully saturated rings. The number of benzene rings is 1. The van der Waals surface area contributed by atoms with E-state index in [4.69, 9.17) is 14.2 Å². The van der Waals surface area contributed by atoms with Gasteiger partial charge in [0.1, 0.15) is 11.4 Å². The molecule has 3 nitrogen and oxygen atoms in total. The van der Waals surface area contributed by atoms with Crippen molar-refractivity contribution < 1.29 is 18.6 Å². The van der Waals surface area contributed by atoms with E-state index >= 15 is 0 Å². The molecule has 0 aliphatic carbocycles. The fraction of sp³-hybridized carbons (Fsp3) is 0.375. The summed E-state index contributed by atoms with van der Waals surface area (Å²) in [6, 6.07) is 10.6. The molecule has 0 atom stereocenters. The molecule has 0 saturated carbocycles. The van der Waals surface area contributed by atoms with Crippen molar-refractivity contribution in [2.75, 3.05) is 13.2 Å². The van der Waals surface area contributed by atoms with Gasteiger partial charge in [-0.1, -0.05) is 24.3 Å². The van der Waals surface area contributed by atoms with Crippen LogP contribution in [0.2, 0.25) is 0 Å². The molecule has 112 valence electrons. The minimum Gasteiger partial charge on any atom is -0.366 e. The van der Waals surface area contributed by atoms with Crippen molar-refractivity contribution in [2.45, 2.75) is 25.4 Å². The van der Waals surface area contributed by atoms with Crippen molar-refractivity contribution in [3.8, 4) is 0 Å². The fourth-order valence-electron chi connectivity index (χ4n) is 2.13. The van der Waals surface area contributed by atoms with Crippen LogP contribution >= 0.6 is 11.3 Å². The van der Waals surface area contributed by atoms with Gasteiger partial charge in [-0.3, -0.25) is 0 Å². The van der Waals surface area contributed by atoms with Crippen LogP contribution in [0.3, 0.4) is 0 Å². The summed E-state index contributed by atoms with van der Waals surface area (Å²) in [6.07, 6.45) is -0.324. The maximum absolute atomic E-state index is 13.6. The molecule has 5 heteroatoms. The van der Waals surface area contributed by atoms with E-state index in [1.807, 2.05) is 24.4 Å². The molecule has 1 saturated heterocycles. The number of ether oxygens (including phenoxy) is 3. The van der Waals surface area contributed by atoms with Gasteiger partial charge in [0, 0.05) is 5.56 Å². The summed E-state index contributed by atoms with van der Waals surface area (Å²) in [5.41, 5.74) is -0.0186. The standard InChI is InChI=1S/C16H17FO3S/c1-16(20-9-12-5-2-3-6-13(12)17)10-18-15(19-11-16)14-7-4-8-21-14/h2-8,15H,9-11H2,1H3/t15-,16+. The zero-order valence-corrected chi connectivity index (χ0v) is 12.6. The zero-order valence-electron chi connectivity index (χ0n) is 11.8. The van der Waals surface area contributed by atoms with Gasteiger partial charge in [0.2, 0.25) is 0 Å². The molecule has 0 spiro atoms. The van der Waals surface area contributed by atoms with Gasteiger partial charge in [-0.25, -0.2) is 4.39 Å². The van der Waals surface area contributed by atoms with Gasteiger partial charge in [0.25, 0.3) is 0 Å².